The van der Waals surface area contributed by atoms with Crippen LogP contribution in [0.2, 0.25) is 20.1 Å². The van der Waals surface area contributed by atoms with Gasteiger partial charge in [0.1, 0.15) is 5.82 Å². The minimum atomic E-state index is -0.816. The van der Waals surface area contributed by atoms with E-state index in [0.717, 1.165) is 0 Å². The minimum absolute atomic E-state index is 0.00300. The molecule has 0 saturated carbocycles. The maximum Gasteiger partial charge on any atom is 0.357 e. The van der Waals surface area contributed by atoms with Gasteiger partial charge in [-0.1, -0.05) is 46.4 Å². The van der Waals surface area contributed by atoms with Gasteiger partial charge in [-0.25, -0.2) is 14.2 Å². The average molecular weight is 477 g/mol. The molecule has 150 valence electrons. The number of esters is 1. The summed E-state index contributed by atoms with van der Waals surface area (Å²) in [4.78, 5) is 28.4. The van der Waals surface area contributed by atoms with E-state index >= 15 is 0 Å². The van der Waals surface area contributed by atoms with E-state index < -0.39 is 24.3 Å². The highest BCUT2D eigenvalue weighted by Crippen LogP contribution is 2.40. The van der Waals surface area contributed by atoms with E-state index in [-0.39, 0.29) is 31.5 Å². The summed E-state index contributed by atoms with van der Waals surface area (Å²) < 4.78 is 19.5. The number of nitrogens with one attached hydrogen (secondary N) is 1. The zero-order valence-corrected chi connectivity index (χ0v) is 17.3. The number of benzene rings is 2. The molecule has 0 aliphatic heterocycles. The van der Waals surface area contributed by atoms with Crippen LogP contribution in [0.1, 0.15) is 10.5 Å². The fourth-order valence-corrected chi connectivity index (χ4v) is 3.22. The van der Waals surface area contributed by atoms with Gasteiger partial charge in [-0.05, 0) is 30.3 Å². The summed E-state index contributed by atoms with van der Waals surface area (Å²) in [6.07, 6.45) is 2.62. The first kappa shape index (κ1) is 21.4. The second kappa shape index (κ2) is 9.00. The number of ether oxygens (including phenoxy) is 1. The Labute approximate surface area is 184 Å². The molecule has 0 spiro atoms. The largest absolute Gasteiger partial charge is 0.451 e. The molecule has 0 unspecified atom stereocenters. The molecular formula is C18H10Cl4FN3O3. The van der Waals surface area contributed by atoms with Crippen molar-refractivity contribution in [3.05, 3.63) is 74.5 Å². The molecule has 1 N–H and O–H groups in total. The van der Waals surface area contributed by atoms with Gasteiger partial charge in [-0.2, -0.15) is 0 Å². The molecule has 6 nitrogen and oxygen atoms in total. The number of hydrogen-bond acceptors (Lipinski definition) is 4. The van der Waals surface area contributed by atoms with Crippen LogP contribution in [0.3, 0.4) is 0 Å². The van der Waals surface area contributed by atoms with Gasteiger partial charge in [0, 0.05) is 5.69 Å². The summed E-state index contributed by atoms with van der Waals surface area (Å²) in [6.45, 7) is -0.635. The molecule has 0 aliphatic carbocycles. The zero-order chi connectivity index (χ0) is 21.1. The van der Waals surface area contributed by atoms with Crippen LogP contribution in [0.5, 0.6) is 0 Å². The highest BCUT2D eigenvalue weighted by atomic mass is 35.5. The molecule has 2 aromatic carbocycles. The molecule has 0 aliphatic rings. The van der Waals surface area contributed by atoms with Crippen molar-refractivity contribution in [2.24, 2.45) is 0 Å². The van der Waals surface area contributed by atoms with E-state index in [9.17, 15) is 14.0 Å². The van der Waals surface area contributed by atoms with E-state index in [1.807, 2.05) is 0 Å². The van der Waals surface area contributed by atoms with E-state index in [2.05, 4.69) is 10.3 Å². The Hall–Kier alpha value is -2.32. The third kappa shape index (κ3) is 4.82. The number of halogens is 5. The number of anilines is 1. The fourth-order valence-electron chi connectivity index (χ4n) is 2.32. The van der Waals surface area contributed by atoms with Crippen molar-refractivity contribution in [3.8, 4) is 5.69 Å². The van der Waals surface area contributed by atoms with Crippen molar-refractivity contribution in [2.75, 3.05) is 11.9 Å². The molecule has 3 aromatic rings. The second-order valence-corrected chi connectivity index (χ2v) is 7.16. The molecule has 3 rings (SSSR count). The van der Waals surface area contributed by atoms with Crippen LogP contribution in [0.15, 0.2) is 42.9 Å². The van der Waals surface area contributed by atoms with Crippen molar-refractivity contribution in [1.82, 2.24) is 9.55 Å². The number of imidazole rings is 1. The average Bonchev–Trinajstić information content (AvgIpc) is 3.18. The van der Waals surface area contributed by atoms with Gasteiger partial charge < -0.3 is 10.1 Å². The normalized spacial score (nSPS) is 10.7. The lowest BCUT2D eigenvalue weighted by atomic mass is 10.3. The summed E-state index contributed by atoms with van der Waals surface area (Å²) in [5.41, 5.74) is 0.543. The predicted octanol–water partition coefficient (Wildman–Crippen LogP) is 5.42. The summed E-state index contributed by atoms with van der Waals surface area (Å²) >= 11 is 23.9. The van der Waals surface area contributed by atoms with Crippen LogP contribution in [0.4, 0.5) is 10.1 Å². The Morgan fingerprint density at radius 1 is 1.07 bits per heavy atom. The number of hydrogen-bond donors (Lipinski definition) is 1. The SMILES string of the molecule is O=C(COC(=O)c1cncn1-c1ccc(F)cc1)Nc1c(Cl)c(Cl)cc(Cl)c1Cl. The first-order valence-electron chi connectivity index (χ1n) is 7.86. The first-order valence-corrected chi connectivity index (χ1v) is 9.37. The lowest BCUT2D eigenvalue weighted by Crippen LogP contribution is -2.22. The van der Waals surface area contributed by atoms with Gasteiger partial charge >= 0.3 is 5.97 Å². The number of carbonyl (C=O) groups excluding carboxylic acids is 2. The van der Waals surface area contributed by atoms with Crippen molar-refractivity contribution < 1.29 is 18.7 Å². The van der Waals surface area contributed by atoms with Crippen molar-refractivity contribution in [2.45, 2.75) is 0 Å². The van der Waals surface area contributed by atoms with Crippen molar-refractivity contribution >= 4 is 64.0 Å². The summed E-state index contributed by atoms with van der Waals surface area (Å²) in [5, 5.41) is 2.58. The van der Waals surface area contributed by atoms with Crippen LogP contribution in [-0.2, 0) is 9.53 Å². The van der Waals surface area contributed by atoms with Crippen LogP contribution < -0.4 is 5.32 Å². The lowest BCUT2D eigenvalue weighted by molar-refractivity contribution is -0.119. The van der Waals surface area contributed by atoms with Crippen molar-refractivity contribution in [1.29, 1.82) is 0 Å². The molecule has 0 bridgehead atoms. The van der Waals surface area contributed by atoms with Gasteiger partial charge in [0.15, 0.2) is 12.3 Å². The van der Waals surface area contributed by atoms with Crippen molar-refractivity contribution in [3.63, 3.8) is 0 Å². The maximum atomic E-state index is 13.1. The summed E-state index contributed by atoms with van der Waals surface area (Å²) in [5.74, 6) is -1.95. The molecule has 0 saturated heterocycles. The number of nitrogens with zero attached hydrogens (tertiary/aromatic N) is 2. The number of rotatable bonds is 5. The van der Waals surface area contributed by atoms with Crippen LogP contribution >= 0.6 is 46.4 Å². The quantitative estimate of drug-likeness (QED) is 0.394. The third-order valence-electron chi connectivity index (χ3n) is 3.66. The third-order valence-corrected chi connectivity index (χ3v) is 5.24. The van der Waals surface area contributed by atoms with E-state index in [4.69, 9.17) is 51.1 Å². The summed E-state index contributed by atoms with van der Waals surface area (Å²) in [7, 11) is 0. The summed E-state index contributed by atoms with van der Waals surface area (Å²) in [6, 6.07) is 6.74. The second-order valence-electron chi connectivity index (χ2n) is 5.59. The molecule has 0 radical (unpaired) electrons. The van der Waals surface area contributed by atoms with Gasteiger partial charge in [0.25, 0.3) is 5.91 Å². The molecule has 1 aromatic heterocycles. The highest BCUT2D eigenvalue weighted by molar-refractivity contribution is 6.50. The minimum Gasteiger partial charge on any atom is -0.451 e. The van der Waals surface area contributed by atoms with Crippen LogP contribution in [-0.4, -0.2) is 28.0 Å². The molecule has 11 heteroatoms. The first-order chi connectivity index (χ1) is 13.8. The molecule has 0 atom stereocenters. The smallest absolute Gasteiger partial charge is 0.357 e. The number of carbonyl (C=O) groups is 2. The number of amides is 1. The molecule has 29 heavy (non-hydrogen) atoms. The van der Waals surface area contributed by atoms with Crippen LogP contribution in [0.25, 0.3) is 5.69 Å². The maximum absolute atomic E-state index is 13.1. The Morgan fingerprint density at radius 2 is 1.69 bits per heavy atom. The van der Waals surface area contributed by atoms with E-state index in [0.29, 0.717) is 5.69 Å². The van der Waals surface area contributed by atoms with Gasteiger partial charge in [-0.3, -0.25) is 9.36 Å². The van der Waals surface area contributed by atoms with Gasteiger partial charge in [-0.15, -0.1) is 0 Å². The molecule has 0 fully saturated rings. The molecule has 1 amide bonds. The Kier molecular flexibility index (Phi) is 6.64. The van der Waals surface area contributed by atoms with E-state index in [1.165, 1.54) is 47.4 Å². The monoisotopic (exact) mass is 475 g/mol. The van der Waals surface area contributed by atoms with E-state index in [1.54, 1.807) is 0 Å². The lowest BCUT2D eigenvalue weighted by Gasteiger charge is -2.12. The zero-order valence-electron chi connectivity index (χ0n) is 14.3. The van der Waals surface area contributed by atoms with Gasteiger partial charge in [0.2, 0.25) is 0 Å². The van der Waals surface area contributed by atoms with Gasteiger partial charge in [0.05, 0.1) is 38.3 Å². The number of aromatic nitrogens is 2. The predicted molar refractivity (Wildman–Crippen MR) is 109 cm³/mol. The fraction of sp³-hybridized carbons (Fsp3) is 0.0556. The molecular weight excluding hydrogens is 467 g/mol. The van der Waals surface area contributed by atoms with Crippen LogP contribution in [0, 0.1) is 5.82 Å². The molecule has 1 heterocycles. The topological polar surface area (TPSA) is 73.2 Å². The Balaban J connectivity index is 1.69. The Bertz CT molecular complexity index is 1060. The standard InChI is InChI=1S/C18H10Cl4FN3O3/c19-11-5-12(20)16(22)17(15(11)21)25-14(27)7-29-18(28)13-6-24-8-26(13)10-3-1-9(23)2-4-10/h1-6,8H,7H2,(H,25,27). The Morgan fingerprint density at radius 3 is 2.31 bits per heavy atom. The highest BCUT2D eigenvalue weighted by Gasteiger charge is 2.19.